The van der Waals surface area contributed by atoms with Crippen LogP contribution in [0.2, 0.25) is 0 Å². The predicted octanol–water partition coefficient (Wildman–Crippen LogP) is 2.63. The van der Waals surface area contributed by atoms with Gasteiger partial charge in [0, 0.05) is 22.5 Å². The second-order valence-corrected chi connectivity index (χ2v) is 5.39. The average molecular weight is 368 g/mol. The maximum absolute atomic E-state index is 12.0. The summed E-state index contributed by atoms with van der Waals surface area (Å²) in [7, 11) is 0. The molecular formula is C14H13IN2O2. The van der Waals surface area contributed by atoms with Crippen LogP contribution in [0.15, 0.2) is 36.7 Å². The Hall–Kier alpha value is -1.63. The van der Waals surface area contributed by atoms with Crippen molar-refractivity contribution < 1.29 is 9.90 Å². The van der Waals surface area contributed by atoms with Crippen LogP contribution in [0.3, 0.4) is 0 Å². The molecule has 1 amide bonds. The van der Waals surface area contributed by atoms with Crippen molar-refractivity contribution in [2.24, 2.45) is 0 Å². The van der Waals surface area contributed by atoms with Crippen molar-refractivity contribution in [1.82, 2.24) is 10.3 Å². The van der Waals surface area contributed by atoms with E-state index in [1.807, 2.05) is 13.0 Å². The van der Waals surface area contributed by atoms with Gasteiger partial charge in [-0.25, -0.2) is 0 Å². The summed E-state index contributed by atoms with van der Waals surface area (Å²) < 4.78 is 0.903. The first-order valence-electron chi connectivity index (χ1n) is 5.74. The molecule has 98 valence electrons. The summed E-state index contributed by atoms with van der Waals surface area (Å²) in [6.45, 7) is 2.36. The van der Waals surface area contributed by atoms with E-state index in [4.69, 9.17) is 0 Å². The number of amides is 1. The molecule has 1 aromatic heterocycles. The first-order chi connectivity index (χ1) is 9.08. The molecule has 5 heteroatoms. The number of halogens is 1. The summed E-state index contributed by atoms with van der Waals surface area (Å²) in [5, 5.41) is 12.5. The van der Waals surface area contributed by atoms with Crippen molar-refractivity contribution in [2.45, 2.75) is 13.5 Å². The zero-order chi connectivity index (χ0) is 13.8. The number of phenolic OH excluding ortho intramolecular Hbond substituents is 1. The third-order valence-electron chi connectivity index (χ3n) is 2.78. The fourth-order valence-electron chi connectivity index (χ4n) is 1.66. The number of aromatic nitrogens is 1. The number of aromatic hydroxyl groups is 1. The highest BCUT2D eigenvalue weighted by atomic mass is 127. The van der Waals surface area contributed by atoms with E-state index in [9.17, 15) is 9.90 Å². The molecular weight excluding hydrogens is 355 g/mol. The Morgan fingerprint density at radius 1 is 1.42 bits per heavy atom. The Bertz CT molecular complexity index is 614. The number of pyridine rings is 1. The highest BCUT2D eigenvalue weighted by Gasteiger charge is 2.11. The van der Waals surface area contributed by atoms with Gasteiger partial charge in [0.2, 0.25) is 0 Å². The van der Waals surface area contributed by atoms with Gasteiger partial charge in [0.05, 0.1) is 5.56 Å². The lowest BCUT2D eigenvalue weighted by Gasteiger charge is -2.09. The zero-order valence-corrected chi connectivity index (χ0v) is 12.5. The SMILES string of the molecule is Cc1cnccc1CNC(=O)c1cc(I)ccc1O. The van der Waals surface area contributed by atoms with Crippen LogP contribution in [0, 0.1) is 10.5 Å². The van der Waals surface area contributed by atoms with Crippen LogP contribution in [-0.2, 0) is 6.54 Å². The Balaban J connectivity index is 2.10. The molecule has 2 aromatic rings. The number of rotatable bonds is 3. The standard InChI is InChI=1S/C14H13IN2O2/c1-9-7-16-5-4-10(9)8-17-14(19)12-6-11(15)2-3-13(12)18/h2-7,18H,8H2,1H3,(H,17,19). The molecule has 1 heterocycles. The first-order valence-corrected chi connectivity index (χ1v) is 6.82. The summed E-state index contributed by atoms with van der Waals surface area (Å²) in [5.74, 6) is -0.295. The summed E-state index contributed by atoms with van der Waals surface area (Å²) in [5.41, 5.74) is 2.32. The number of phenols is 1. The first kappa shape index (κ1) is 13.8. The number of nitrogens with one attached hydrogen (secondary N) is 1. The van der Waals surface area contributed by atoms with Crippen LogP contribution in [-0.4, -0.2) is 16.0 Å². The van der Waals surface area contributed by atoms with E-state index in [2.05, 4.69) is 32.9 Å². The van der Waals surface area contributed by atoms with Gasteiger partial charge in [0.1, 0.15) is 5.75 Å². The highest BCUT2D eigenvalue weighted by Crippen LogP contribution is 2.19. The van der Waals surface area contributed by atoms with E-state index in [0.717, 1.165) is 14.7 Å². The summed E-state index contributed by atoms with van der Waals surface area (Å²) in [4.78, 5) is 16.0. The smallest absolute Gasteiger partial charge is 0.255 e. The number of hydrogen-bond donors (Lipinski definition) is 2. The van der Waals surface area contributed by atoms with Gasteiger partial charge >= 0.3 is 0 Å². The van der Waals surface area contributed by atoms with Gasteiger partial charge in [0.25, 0.3) is 5.91 Å². The minimum Gasteiger partial charge on any atom is -0.507 e. The monoisotopic (exact) mass is 368 g/mol. The quantitative estimate of drug-likeness (QED) is 0.819. The molecule has 0 radical (unpaired) electrons. The zero-order valence-electron chi connectivity index (χ0n) is 10.4. The molecule has 2 N–H and O–H groups in total. The molecule has 0 aliphatic carbocycles. The predicted molar refractivity (Wildman–Crippen MR) is 81.0 cm³/mol. The van der Waals surface area contributed by atoms with Crippen molar-refractivity contribution in [3.63, 3.8) is 0 Å². The third kappa shape index (κ3) is 3.44. The van der Waals surface area contributed by atoms with E-state index in [0.29, 0.717) is 12.1 Å². The van der Waals surface area contributed by atoms with E-state index in [1.54, 1.807) is 24.5 Å². The Morgan fingerprint density at radius 3 is 2.95 bits per heavy atom. The third-order valence-corrected chi connectivity index (χ3v) is 3.45. The Morgan fingerprint density at radius 2 is 2.21 bits per heavy atom. The van der Waals surface area contributed by atoms with Gasteiger partial charge in [-0.05, 0) is 64.9 Å². The normalized spacial score (nSPS) is 10.2. The lowest BCUT2D eigenvalue weighted by atomic mass is 10.1. The maximum atomic E-state index is 12.0. The van der Waals surface area contributed by atoms with E-state index in [1.165, 1.54) is 6.07 Å². The van der Waals surface area contributed by atoms with Crippen LogP contribution >= 0.6 is 22.6 Å². The molecule has 0 atom stereocenters. The molecule has 0 bridgehead atoms. The topological polar surface area (TPSA) is 62.2 Å². The van der Waals surface area contributed by atoms with E-state index < -0.39 is 0 Å². The molecule has 0 unspecified atom stereocenters. The molecule has 0 saturated carbocycles. The molecule has 0 fully saturated rings. The molecule has 19 heavy (non-hydrogen) atoms. The van der Waals surface area contributed by atoms with Crippen LogP contribution in [0.5, 0.6) is 5.75 Å². The van der Waals surface area contributed by atoms with Crippen molar-refractivity contribution in [3.8, 4) is 5.75 Å². The molecule has 0 aliphatic heterocycles. The van der Waals surface area contributed by atoms with Crippen molar-refractivity contribution >= 4 is 28.5 Å². The van der Waals surface area contributed by atoms with Gasteiger partial charge in [-0.3, -0.25) is 9.78 Å². The summed E-state index contributed by atoms with van der Waals surface area (Å²) in [6, 6.07) is 6.79. The Kier molecular flexibility index (Phi) is 4.36. The van der Waals surface area contributed by atoms with Gasteiger partial charge in [-0.2, -0.15) is 0 Å². The summed E-state index contributed by atoms with van der Waals surface area (Å²) in [6.07, 6.45) is 3.45. The van der Waals surface area contributed by atoms with Crippen LogP contribution < -0.4 is 5.32 Å². The lowest BCUT2D eigenvalue weighted by molar-refractivity contribution is 0.0948. The van der Waals surface area contributed by atoms with Crippen LogP contribution in [0.25, 0.3) is 0 Å². The number of hydrogen-bond acceptors (Lipinski definition) is 3. The second-order valence-electron chi connectivity index (χ2n) is 4.15. The van der Waals surface area contributed by atoms with Gasteiger partial charge in [-0.15, -0.1) is 0 Å². The second kappa shape index (κ2) is 6.01. The van der Waals surface area contributed by atoms with E-state index >= 15 is 0 Å². The van der Waals surface area contributed by atoms with Gasteiger partial charge < -0.3 is 10.4 Å². The number of nitrogens with zero attached hydrogens (tertiary/aromatic N) is 1. The van der Waals surface area contributed by atoms with Crippen LogP contribution in [0.1, 0.15) is 21.5 Å². The van der Waals surface area contributed by atoms with Gasteiger partial charge in [-0.1, -0.05) is 0 Å². The molecule has 0 spiro atoms. The van der Waals surface area contributed by atoms with Crippen LogP contribution in [0.4, 0.5) is 0 Å². The minimum absolute atomic E-state index is 0.00985. The number of carbonyl (C=O) groups is 1. The number of carbonyl (C=O) groups excluding carboxylic acids is 1. The largest absolute Gasteiger partial charge is 0.507 e. The fourth-order valence-corrected chi connectivity index (χ4v) is 2.15. The molecule has 4 nitrogen and oxygen atoms in total. The van der Waals surface area contributed by atoms with Gasteiger partial charge in [0.15, 0.2) is 0 Å². The number of benzene rings is 1. The average Bonchev–Trinajstić information content (AvgIpc) is 2.40. The van der Waals surface area contributed by atoms with E-state index in [-0.39, 0.29) is 11.7 Å². The maximum Gasteiger partial charge on any atom is 0.255 e. The van der Waals surface area contributed by atoms with Crippen molar-refractivity contribution in [1.29, 1.82) is 0 Å². The minimum atomic E-state index is -0.285. The van der Waals surface area contributed by atoms with Crippen molar-refractivity contribution in [2.75, 3.05) is 0 Å². The summed E-state index contributed by atoms with van der Waals surface area (Å²) >= 11 is 2.10. The Labute approximate surface area is 125 Å². The molecule has 0 aliphatic rings. The van der Waals surface area contributed by atoms with Crippen molar-refractivity contribution in [3.05, 3.63) is 56.9 Å². The fraction of sp³-hybridized carbons (Fsp3) is 0.143. The highest BCUT2D eigenvalue weighted by molar-refractivity contribution is 14.1. The lowest BCUT2D eigenvalue weighted by Crippen LogP contribution is -2.23. The molecule has 2 rings (SSSR count). The molecule has 1 aromatic carbocycles. The molecule has 0 saturated heterocycles. The number of aryl methyl sites for hydroxylation is 1.